The number of aliphatic imine (C=N–C) groups is 1. The summed E-state index contributed by atoms with van der Waals surface area (Å²) in [6.07, 6.45) is 3.14. The summed E-state index contributed by atoms with van der Waals surface area (Å²) in [5, 5.41) is 3.32. The van der Waals surface area contributed by atoms with Gasteiger partial charge in [-0.3, -0.25) is 9.69 Å². The summed E-state index contributed by atoms with van der Waals surface area (Å²) >= 11 is 0. The van der Waals surface area contributed by atoms with E-state index in [1.54, 1.807) is 20.2 Å². The first-order valence-electron chi connectivity index (χ1n) is 8.88. The number of nitrogens with one attached hydrogen (secondary N) is 1. The maximum atomic E-state index is 12.6. The number of benzene rings is 2. The molecule has 1 aliphatic rings. The fourth-order valence-electron chi connectivity index (χ4n) is 3.08. The van der Waals surface area contributed by atoms with Crippen molar-refractivity contribution in [1.82, 2.24) is 15.2 Å². The van der Waals surface area contributed by atoms with Crippen LogP contribution >= 0.6 is 0 Å². The van der Waals surface area contributed by atoms with Gasteiger partial charge in [-0.05, 0) is 29.3 Å². The Bertz CT molecular complexity index is 1060. The number of likely N-dealkylation sites (N-methyl/N-ethyl adjacent to an activating group) is 1. The minimum absolute atomic E-state index is 0.120. The van der Waals surface area contributed by atoms with Crippen LogP contribution < -0.4 is 5.32 Å². The smallest absolute Gasteiger partial charge is 0.279 e. The summed E-state index contributed by atoms with van der Waals surface area (Å²) in [7, 11) is 3.34. The molecule has 0 fully saturated rings. The number of carbonyl (C=O) groups is 1. The van der Waals surface area contributed by atoms with E-state index in [1.165, 1.54) is 11.3 Å². The molecule has 28 heavy (non-hydrogen) atoms. The van der Waals surface area contributed by atoms with E-state index in [1.807, 2.05) is 48.5 Å². The number of nitrogens with zero attached hydrogens (tertiary/aromatic N) is 3. The van der Waals surface area contributed by atoms with Crippen LogP contribution in [0.4, 0.5) is 0 Å². The fourth-order valence-corrected chi connectivity index (χ4v) is 3.08. The van der Waals surface area contributed by atoms with Crippen LogP contribution in [0.3, 0.4) is 0 Å². The molecule has 0 spiro atoms. The normalized spacial score (nSPS) is 16.6. The molecule has 1 aliphatic heterocycles. The van der Waals surface area contributed by atoms with Crippen molar-refractivity contribution in [2.45, 2.75) is 6.04 Å². The van der Waals surface area contributed by atoms with Crippen molar-refractivity contribution in [2.24, 2.45) is 4.99 Å². The summed E-state index contributed by atoms with van der Waals surface area (Å²) < 4.78 is 10.7. The molecule has 2 heterocycles. The highest BCUT2D eigenvalue weighted by atomic mass is 16.5. The summed E-state index contributed by atoms with van der Waals surface area (Å²) in [4.78, 5) is 22.7. The Labute approximate surface area is 162 Å². The van der Waals surface area contributed by atoms with E-state index in [9.17, 15) is 4.79 Å². The number of ether oxygens (including phenoxy) is 1. The van der Waals surface area contributed by atoms with Gasteiger partial charge >= 0.3 is 0 Å². The Morgan fingerprint density at radius 2 is 2.07 bits per heavy atom. The second kappa shape index (κ2) is 7.66. The SMILES string of the molecule is COC[C@H](NC1=N/C(=C\c2ccc3ncoc3c2)C(=O)N1C)c1ccccc1. The monoisotopic (exact) mass is 376 g/mol. The van der Waals surface area contributed by atoms with Gasteiger partial charge in [0.25, 0.3) is 5.91 Å². The topological polar surface area (TPSA) is 80.0 Å². The first-order chi connectivity index (χ1) is 13.7. The second-order valence-corrected chi connectivity index (χ2v) is 6.47. The Hall–Kier alpha value is -3.45. The highest BCUT2D eigenvalue weighted by Crippen LogP contribution is 2.21. The van der Waals surface area contributed by atoms with Gasteiger partial charge in [0.1, 0.15) is 11.2 Å². The van der Waals surface area contributed by atoms with Crippen molar-refractivity contribution in [3.63, 3.8) is 0 Å². The number of amides is 1. The van der Waals surface area contributed by atoms with Gasteiger partial charge in [-0.1, -0.05) is 36.4 Å². The lowest BCUT2D eigenvalue weighted by atomic mass is 10.1. The molecule has 0 bridgehead atoms. The summed E-state index contributed by atoms with van der Waals surface area (Å²) in [6, 6.07) is 15.4. The van der Waals surface area contributed by atoms with Crippen molar-refractivity contribution >= 4 is 29.0 Å². The Morgan fingerprint density at radius 3 is 2.86 bits per heavy atom. The number of carbonyl (C=O) groups excluding carboxylic acids is 1. The van der Waals surface area contributed by atoms with E-state index in [-0.39, 0.29) is 11.9 Å². The molecule has 7 heteroatoms. The first kappa shape index (κ1) is 17.9. The lowest BCUT2D eigenvalue weighted by Gasteiger charge is -2.22. The maximum absolute atomic E-state index is 12.6. The number of hydrogen-bond acceptors (Lipinski definition) is 6. The van der Waals surface area contributed by atoms with Gasteiger partial charge in [-0.15, -0.1) is 0 Å². The van der Waals surface area contributed by atoms with Gasteiger partial charge < -0.3 is 14.5 Å². The molecule has 0 unspecified atom stereocenters. The molecule has 7 nitrogen and oxygen atoms in total. The van der Waals surface area contributed by atoms with Crippen LogP contribution in [0.5, 0.6) is 0 Å². The zero-order valence-electron chi connectivity index (χ0n) is 15.6. The van der Waals surface area contributed by atoms with Gasteiger partial charge in [0, 0.05) is 14.2 Å². The Morgan fingerprint density at radius 1 is 1.25 bits per heavy atom. The molecule has 0 aliphatic carbocycles. The molecule has 1 atom stereocenters. The molecule has 1 amide bonds. The van der Waals surface area contributed by atoms with E-state index in [0.29, 0.717) is 23.8 Å². The minimum Gasteiger partial charge on any atom is -0.443 e. The highest BCUT2D eigenvalue weighted by molar-refractivity contribution is 6.13. The number of aromatic nitrogens is 1. The minimum atomic E-state index is -0.176. The molecule has 142 valence electrons. The average molecular weight is 376 g/mol. The van der Waals surface area contributed by atoms with E-state index in [4.69, 9.17) is 9.15 Å². The van der Waals surface area contributed by atoms with E-state index in [2.05, 4.69) is 15.3 Å². The van der Waals surface area contributed by atoms with Crippen LogP contribution in [-0.4, -0.2) is 42.5 Å². The van der Waals surface area contributed by atoms with E-state index in [0.717, 1.165) is 16.6 Å². The van der Waals surface area contributed by atoms with Gasteiger partial charge in [-0.2, -0.15) is 0 Å². The number of rotatable bonds is 5. The van der Waals surface area contributed by atoms with Crippen LogP contribution in [-0.2, 0) is 9.53 Å². The second-order valence-electron chi connectivity index (χ2n) is 6.47. The zero-order valence-corrected chi connectivity index (χ0v) is 15.6. The molecule has 0 radical (unpaired) electrons. The van der Waals surface area contributed by atoms with Crippen molar-refractivity contribution in [3.8, 4) is 0 Å². The molecule has 0 saturated carbocycles. The molecule has 3 aromatic rings. The zero-order chi connectivity index (χ0) is 19.5. The molecule has 0 saturated heterocycles. The van der Waals surface area contributed by atoms with Gasteiger partial charge in [0.05, 0.1) is 12.6 Å². The van der Waals surface area contributed by atoms with Crippen LogP contribution in [0, 0.1) is 0 Å². The van der Waals surface area contributed by atoms with Crippen LogP contribution in [0.2, 0.25) is 0 Å². The summed E-state index contributed by atoms with van der Waals surface area (Å²) in [5.41, 5.74) is 3.67. The largest absolute Gasteiger partial charge is 0.443 e. The van der Waals surface area contributed by atoms with Crippen LogP contribution in [0.15, 0.2) is 70.0 Å². The third-order valence-corrected chi connectivity index (χ3v) is 4.57. The fraction of sp³-hybridized carbons (Fsp3) is 0.190. The third-order valence-electron chi connectivity index (χ3n) is 4.57. The third kappa shape index (κ3) is 3.52. The standard InChI is InChI=1S/C21H20N4O3/c1-25-20(26)17(10-14-8-9-16-19(11-14)28-13-22-16)23-21(25)24-18(12-27-2)15-6-4-3-5-7-15/h3-11,13,18H,12H2,1-2H3,(H,23,24)/b17-10-/t18-/m0/s1. The number of methoxy groups -OCH3 is 1. The first-order valence-corrected chi connectivity index (χ1v) is 8.88. The molecule has 1 N–H and O–H groups in total. The number of oxazole rings is 1. The summed E-state index contributed by atoms with van der Waals surface area (Å²) in [5.74, 6) is 0.312. The average Bonchev–Trinajstić information content (AvgIpc) is 3.28. The van der Waals surface area contributed by atoms with E-state index < -0.39 is 0 Å². The molecule has 4 rings (SSSR count). The Balaban J connectivity index is 1.61. The van der Waals surface area contributed by atoms with Gasteiger partial charge in [0.2, 0.25) is 5.96 Å². The number of hydrogen-bond donors (Lipinski definition) is 1. The van der Waals surface area contributed by atoms with Gasteiger partial charge in [-0.25, -0.2) is 9.98 Å². The quantitative estimate of drug-likeness (QED) is 0.693. The lowest BCUT2D eigenvalue weighted by Crippen LogP contribution is -2.41. The van der Waals surface area contributed by atoms with Crippen molar-refractivity contribution in [1.29, 1.82) is 0 Å². The van der Waals surface area contributed by atoms with E-state index >= 15 is 0 Å². The van der Waals surface area contributed by atoms with Crippen LogP contribution in [0.1, 0.15) is 17.2 Å². The number of fused-ring (bicyclic) bond motifs is 1. The summed E-state index contributed by atoms with van der Waals surface area (Å²) in [6.45, 7) is 0.451. The highest BCUT2D eigenvalue weighted by Gasteiger charge is 2.28. The van der Waals surface area contributed by atoms with Crippen LogP contribution in [0.25, 0.3) is 17.2 Å². The van der Waals surface area contributed by atoms with Crippen molar-refractivity contribution in [3.05, 3.63) is 71.7 Å². The Kier molecular flexibility index (Phi) is 4.90. The number of guanidine groups is 1. The molecule has 2 aromatic carbocycles. The predicted octanol–water partition coefficient (Wildman–Crippen LogP) is 2.97. The lowest BCUT2D eigenvalue weighted by molar-refractivity contribution is -0.121. The van der Waals surface area contributed by atoms with Crippen molar-refractivity contribution in [2.75, 3.05) is 20.8 Å². The molecular formula is C21H20N4O3. The predicted molar refractivity (Wildman–Crippen MR) is 106 cm³/mol. The maximum Gasteiger partial charge on any atom is 0.279 e. The molecule has 1 aromatic heterocycles. The molecular weight excluding hydrogens is 356 g/mol. The van der Waals surface area contributed by atoms with Gasteiger partial charge in [0.15, 0.2) is 12.0 Å². The van der Waals surface area contributed by atoms with Crippen molar-refractivity contribution < 1.29 is 13.9 Å².